The normalized spacial score (nSPS) is 19.3. The Labute approximate surface area is 115 Å². The van der Waals surface area contributed by atoms with Gasteiger partial charge < -0.3 is 15.4 Å². The highest BCUT2D eigenvalue weighted by atomic mass is 19.4. The minimum Gasteiger partial charge on any atom is -0.383 e. The lowest BCUT2D eigenvalue weighted by molar-refractivity contribution is -0.137. The third kappa shape index (κ3) is 3.04. The average Bonchev–Trinajstić information content (AvgIpc) is 2.77. The van der Waals surface area contributed by atoms with Crippen molar-refractivity contribution in [2.24, 2.45) is 10.7 Å². The van der Waals surface area contributed by atoms with E-state index in [1.807, 2.05) is 4.90 Å². The topological polar surface area (TPSA) is 50.9 Å². The predicted octanol–water partition coefficient (Wildman–Crippen LogP) is 2.02. The molecule has 0 spiro atoms. The highest BCUT2D eigenvalue weighted by Crippen LogP contribution is 2.31. The molecule has 2 N–H and O–H groups in total. The molecule has 1 heterocycles. The molecular weight excluding hydrogens is 271 g/mol. The fourth-order valence-electron chi connectivity index (χ4n) is 2.17. The molecule has 0 saturated heterocycles. The predicted molar refractivity (Wildman–Crippen MR) is 69.3 cm³/mol. The Balaban J connectivity index is 2.15. The molecule has 1 aliphatic heterocycles. The highest BCUT2D eigenvalue weighted by molar-refractivity contribution is 5.80. The van der Waals surface area contributed by atoms with Gasteiger partial charge in [0.2, 0.25) is 0 Å². The van der Waals surface area contributed by atoms with Crippen molar-refractivity contribution in [2.45, 2.75) is 12.2 Å². The van der Waals surface area contributed by atoms with Gasteiger partial charge in [-0.2, -0.15) is 13.2 Å². The first kappa shape index (κ1) is 14.6. The molecule has 0 radical (unpaired) electrons. The molecule has 0 bridgehead atoms. The van der Waals surface area contributed by atoms with Crippen molar-refractivity contribution >= 4 is 5.96 Å². The van der Waals surface area contributed by atoms with Gasteiger partial charge in [-0.15, -0.1) is 0 Å². The van der Waals surface area contributed by atoms with E-state index in [-0.39, 0.29) is 6.04 Å². The summed E-state index contributed by atoms with van der Waals surface area (Å²) in [6.07, 6.45) is -4.32. The first-order valence-corrected chi connectivity index (χ1v) is 6.16. The SMILES string of the molecule is COCCN1C(N)=NCC1c1ccc(C(F)(F)F)cc1. The number of halogens is 3. The molecule has 1 aromatic rings. The maximum atomic E-state index is 12.5. The second-order valence-electron chi connectivity index (χ2n) is 4.52. The van der Waals surface area contributed by atoms with Crippen LogP contribution in [-0.2, 0) is 10.9 Å². The number of hydrogen-bond acceptors (Lipinski definition) is 4. The van der Waals surface area contributed by atoms with Crippen LogP contribution in [0.5, 0.6) is 0 Å². The lowest BCUT2D eigenvalue weighted by atomic mass is 10.0. The summed E-state index contributed by atoms with van der Waals surface area (Å²) in [6, 6.07) is 4.98. The number of hydrogen-bond donors (Lipinski definition) is 1. The number of rotatable bonds is 4. The zero-order chi connectivity index (χ0) is 14.8. The standard InChI is InChI=1S/C13H16F3N3O/c1-20-7-6-19-11(8-18-12(19)17)9-2-4-10(5-3-9)13(14,15)16/h2-5,11H,6-8H2,1H3,(H2,17,18). The summed E-state index contributed by atoms with van der Waals surface area (Å²) in [5.74, 6) is 0.395. The van der Waals surface area contributed by atoms with Crippen molar-refractivity contribution in [3.05, 3.63) is 35.4 Å². The Morgan fingerprint density at radius 1 is 1.35 bits per heavy atom. The summed E-state index contributed by atoms with van der Waals surface area (Å²) in [6.45, 7) is 1.48. The molecule has 0 saturated carbocycles. The lowest BCUT2D eigenvalue weighted by Crippen LogP contribution is -2.38. The zero-order valence-electron chi connectivity index (χ0n) is 11.0. The Hall–Kier alpha value is -1.76. The van der Waals surface area contributed by atoms with Crippen molar-refractivity contribution in [1.29, 1.82) is 0 Å². The van der Waals surface area contributed by atoms with E-state index in [1.165, 1.54) is 12.1 Å². The van der Waals surface area contributed by atoms with Gasteiger partial charge in [0, 0.05) is 13.7 Å². The molecule has 1 aromatic carbocycles. The Bertz CT molecular complexity index is 485. The van der Waals surface area contributed by atoms with Crippen LogP contribution in [0.25, 0.3) is 0 Å². The van der Waals surface area contributed by atoms with Crippen LogP contribution >= 0.6 is 0 Å². The maximum absolute atomic E-state index is 12.5. The van der Waals surface area contributed by atoms with E-state index in [2.05, 4.69) is 4.99 Å². The minimum atomic E-state index is -4.32. The molecule has 0 amide bonds. The van der Waals surface area contributed by atoms with Crippen LogP contribution in [-0.4, -0.2) is 37.7 Å². The fraction of sp³-hybridized carbons (Fsp3) is 0.462. The molecule has 7 heteroatoms. The summed E-state index contributed by atoms with van der Waals surface area (Å²) in [5, 5.41) is 0. The first-order chi connectivity index (χ1) is 9.43. The molecule has 4 nitrogen and oxygen atoms in total. The van der Waals surface area contributed by atoms with E-state index >= 15 is 0 Å². The number of aliphatic imine (C=N–C) groups is 1. The van der Waals surface area contributed by atoms with Crippen molar-refractivity contribution in [1.82, 2.24) is 4.90 Å². The van der Waals surface area contributed by atoms with Crippen LogP contribution in [0.4, 0.5) is 13.2 Å². The number of guanidine groups is 1. The molecule has 20 heavy (non-hydrogen) atoms. The molecule has 2 rings (SSSR count). The third-order valence-corrected chi connectivity index (χ3v) is 3.26. The molecule has 0 aromatic heterocycles. The maximum Gasteiger partial charge on any atom is 0.416 e. The smallest absolute Gasteiger partial charge is 0.383 e. The van der Waals surface area contributed by atoms with Gasteiger partial charge in [0.25, 0.3) is 0 Å². The second kappa shape index (κ2) is 5.70. The van der Waals surface area contributed by atoms with Crippen molar-refractivity contribution in [2.75, 3.05) is 26.8 Å². The molecule has 1 aliphatic rings. The van der Waals surface area contributed by atoms with Crippen molar-refractivity contribution in [3.63, 3.8) is 0 Å². The van der Waals surface area contributed by atoms with Gasteiger partial charge >= 0.3 is 6.18 Å². The number of alkyl halides is 3. The van der Waals surface area contributed by atoms with Crippen LogP contribution in [0.2, 0.25) is 0 Å². The molecular formula is C13H16F3N3O. The van der Waals surface area contributed by atoms with Crippen LogP contribution < -0.4 is 5.73 Å². The van der Waals surface area contributed by atoms with Crippen molar-refractivity contribution in [3.8, 4) is 0 Å². The monoisotopic (exact) mass is 287 g/mol. The van der Waals surface area contributed by atoms with Crippen LogP contribution in [0.15, 0.2) is 29.3 Å². The lowest BCUT2D eigenvalue weighted by Gasteiger charge is -2.26. The first-order valence-electron chi connectivity index (χ1n) is 6.16. The quantitative estimate of drug-likeness (QED) is 0.921. The molecule has 1 atom stereocenters. The van der Waals surface area contributed by atoms with Gasteiger partial charge in [-0.1, -0.05) is 12.1 Å². The zero-order valence-corrected chi connectivity index (χ0v) is 11.0. The van der Waals surface area contributed by atoms with Crippen molar-refractivity contribution < 1.29 is 17.9 Å². The second-order valence-corrected chi connectivity index (χ2v) is 4.52. The average molecular weight is 287 g/mol. The van der Waals surface area contributed by atoms with Gasteiger partial charge in [-0.05, 0) is 17.7 Å². The van der Waals surface area contributed by atoms with Gasteiger partial charge in [-0.3, -0.25) is 4.99 Å². The Kier molecular flexibility index (Phi) is 4.17. The van der Waals surface area contributed by atoms with E-state index in [0.717, 1.165) is 17.7 Å². The molecule has 110 valence electrons. The van der Waals surface area contributed by atoms with E-state index in [0.29, 0.717) is 25.7 Å². The van der Waals surface area contributed by atoms with E-state index in [1.54, 1.807) is 7.11 Å². The minimum absolute atomic E-state index is 0.132. The Morgan fingerprint density at radius 3 is 2.55 bits per heavy atom. The third-order valence-electron chi connectivity index (χ3n) is 3.26. The number of nitrogens with zero attached hydrogens (tertiary/aromatic N) is 2. The summed E-state index contributed by atoms with van der Waals surface area (Å²) in [5.41, 5.74) is 5.89. The van der Waals surface area contributed by atoms with Gasteiger partial charge in [0.1, 0.15) is 0 Å². The molecule has 1 unspecified atom stereocenters. The van der Waals surface area contributed by atoms with Crippen LogP contribution in [0.3, 0.4) is 0 Å². The number of methoxy groups -OCH3 is 1. The van der Waals surface area contributed by atoms with Gasteiger partial charge in [-0.25, -0.2) is 0 Å². The van der Waals surface area contributed by atoms with Crippen LogP contribution in [0.1, 0.15) is 17.2 Å². The molecule has 0 aliphatic carbocycles. The summed E-state index contributed by atoms with van der Waals surface area (Å²) >= 11 is 0. The van der Waals surface area contributed by atoms with E-state index < -0.39 is 11.7 Å². The summed E-state index contributed by atoms with van der Waals surface area (Å²) < 4.78 is 42.6. The van der Waals surface area contributed by atoms with Gasteiger partial charge in [0.15, 0.2) is 5.96 Å². The van der Waals surface area contributed by atoms with Crippen LogP contribution in [0, 0.1) is 0 Å². The summed E-state index contributed by atoms with van der Waals surface area (Å²) in [4.78, 5) is 5.98. The van der Waals surface area contributed by atoms with Gasteiger partial charge in [0.05, 0.1) is 24.8 Å². The molecule has 0 fully saturated rings. The number of ether oxygens (including phenoxy) is 1. The number of nitrogens with two attached hydrogens (primary N) is 1. The fourth-order valence-corrected chi connectivity index (χ4v) is 2.17. The van der Waals surface area contributed by atoms with E-state index in [9.17, 15) is 13.2 Å². The summed E-state index contributed by atoms with van der Waals surface area (Å²) in [7, 11) is 1.58. The largest absolute Gasteiger partial charge is 0.416 e. The highest BCUT2D eigenvalue weighted by Gasteiger charge is 2.31. The number of benzene rings is 1. The van der Waals surface area contributed by atoms with E-state index in [4.69, 9.17) is 10.5 Å². The Morgan fingerprint density at radius 2 is 2.00 bits per heavy atom.